The van der Waals surface area contributed by atoms with Crippen molar-refractivity contribution in [2.24, 2.45) is 0 Å². The molecule has 1 aliphatic heterocycles. The number of hydrogen-bond acceptors (Lipinski definition) is 6. The molecule has 9 nitrogen and oxygen atoms in total. The molecule has 0 spiro atoms. The molecule has 1 saturated heterocycles. The lowest BCUT2D eigenvalue weighted by atomic mass is 10.1. The molecule has 30 heavy (non-hydrogen) atoms. The highest BCUT2D eigenvalue weighted by atomic mass is 32.2. The second-order valence-corrected chi connectivity index (χ2v) is 8.82. The van der Waals surface area contributed by atoms with Crippen LogP contribution in [0.5, 0.6) is 0 Å². The Balaban J connectivity index is 1.49. The van der Waals surface area contributed by atoms with E-state index in [9.17, 15) is 18.5 Å². The summed E-state index contributed by atoms with van der Waals surface area (Å²) in [5.41, 5.74) is 2.12. The van der Waals surface area contributed by atoms with Crippen molar-refractivity contribution in [1.29, 1.82) is 5.26 Å². The monoisotopic (exact) mass is 424 g/mol. The zero-order valence-electron chi connectivity index (χ0n) is 16.4. The first-order chi connectivity index (χ1) is 14.5. The second-order valence-electron chi connectivity index (χ2n) is 6.91. The van der Waals surface area contributed by atoms with Gasteiger partial charge in [-0.05, 0) is 37.3 Å². The lowest BCUT2D eigenvalue weighted by Gasteiger charge is -2.34. The van der Waals surface area contributed by atoms with Gasteiger partial charge in [0.1, 0.15) is 11.6 Å². The number of carbonyl (C=O) groups is 1. The summed E-state index contributed by atoms with van der Waals surface area (Å²) >= 11 is 0. The van der Waals surface area contributed by atoms with Gasteiger partial charge < -0.3 is 4.90 Å². The summed E-state index contributed by atoms with van der Waals surface area (Å²) in [4.78, 5) is 14.5. The number of fused-ring (bicyclic) bond motifs is 1. The molecule has 0 atom stereocenters. The second kappa shape index (κ2) is 7.85. The summed E-state index contributed by atoms with van der Waals surface area (Å²) < 4.78 is 29.0. The van der Waals surface area contributed by atoms with Crippen molar-refractivity contribution >= 4 is 27.0 Å². The summed E-state index contributed by atoms with van der Waals surface area (Å²) in [6.07, 6.45) is 0. The van der Waals surface area contributed by atoms with Crippen LogP contribution in [0.3, 0.4) is 0 Å². The van der Waals surface area contributed by atoms with Gasteiger partial charge in [-0.3, -0.25) is 4.79 Å². The lowest BCUT2D eigenvalue weighted by molar-refractivity contribution is 0.0698. The number of aryl methyl sites for hydroxylation is 1. The van der Waals surface area contributed by atoms with E-state index in [2.05, 4.69) is 10.3 Å². The molecule has 0 aliphatic carbocycles. The van der Waals surface area contributed by atoms with Gasteiger partial charge in [-0.1, -0.05) is 17.3 Å². The van der Waals surface area contributed by atoms with Crippen LogP contribution in [0.25, 0.3) is 11.0 Å². The Morgan fingerprint density at radius 1 is 1.13 bits per heavy atom. The molecule has 3 aromatic rings. The molecule has 0 unspecified atom stereocenters. The number of rotatable bonds is 4. The van der Waals surface area contributed by atoms with Crippen molar-refractivity contribution in [1.82, 2.24) is 24.2 Å². The van der Waals surface area contributed by atoms with Crippen molar-refractivity contribution in [2.45, 2.75) is 18.4 Å². The molecule has 154 valence electrons. The fourth-order valence-corrected chi connectivity index (χ4v) is 5.14. The van der Waals surface area contributed by atoms with E-state index in [1.807, 2.05) is 19.1 Å². The smallest absolute Gasteiger partial charge is 0.254 e. The molecule has 1 aliphatic rings. The van der Waals surface area contributed by atoms with Gasteiger partial charge >= 0.3 is 0 Å². The Labute approximate surface area is 174 Å². The molecular formula is C20H20N6O3S. The predicted octanol–water partition coefficient (Wildman–Crippen LogP) is 1.47. The van der Waals surface area contributed by atoms with E-state index in [0.717, 1.165) is 5.52 Å². The minimum Gasteiger partial charge on any atom is -0.336 e. The summed E-state index contributed by atoms with van der Waals surface area (Å²) in [7, 11) is -3.80. The average molecular weight is 424 g/mol. The highest BCUT2D eigenvalue weighted by molar-refractivity contribution is 7.89. The lowest BCUT2D eigenvalue weighted by Crippen LogP contribution is -2.50. The average Bonchev–Trinajstić information content (AvgIpc) is 3.21. The van der Waals surface area contributed by atoms with Gasteiger partial charge in [-0.25, -0.2) is 13.1 Å². The number of aromatic nitrogens is 3. The quantitative estimate of drug-likeness (QED) is 0.627. The van der Waals surface area contributed by atoms with E-state index in [1.54, 1.807) is 33.8 Å². The van der Waals surface area contributed by atoms with Crippen molar-refractivity contribution in [3.05, 3.63) is 53.6 Å². The van der Waals surface area contributed by atoms with Gasteiger partial charge in [0, 0.05) is 38.3 Å². The van der Waals surface area contributed by atoms with Crippen LogP contribution in [0.1, 0.15) is 22.8 Å². The van der Waals surface area contributed by atoms with E-state index in [4.69, 9.17) is 0 Å². The fourth-order valence-electron chi connectivity index (χ4n) is 3.58. The molecule has 1 amide bonds. The van der Waals surface area contributed by atoms with Gasteiger partial charge in [0.25, 0.3) is 5.91 Å². The van der Waals surface area contributed by atoms with E-state index >= 15 is 0 Å². The molecule has 1 fully saturated rings. The maximum Gasteiger partial charge on any atom is 0.254 e. The number of sulfonamides is 1. The number of nitrogens with zero attached hydrogens (tertiary/aromatic N) is 6. The maximum atomic E-state index is 12.9. The summed E-state index contributed by atoms with van der Waals surface area (Å²) in [5, 5.41) is 17.4. The van der Waals surface area contributed by atoms with E-state index < -0.39 is 10.0 Å². The molecule has 10 heteroatoms. The number of hydrogen-bond donors (Lipinski definition) is 0. The zero-order valence-corrected chi connectivity index (χ0v) is 17.2. The highest BCUT2D eigenvalue weighted by Crippen LogP contribution is 2.22. The van der Waals surface area contributed by atoms with Gasteiger partial charge in [-0.2, -0.15) is 9.57 Å². The van der Waals surface area contributed by atoms with Crippen LogP contribution in [0.4, 0.5) is 0 Å². The molecule has 0 bridgehead atoms. The molecule has 2 aromatic carbocycles. The van der Waals surface area contributed by atoms with Crippen LogP contribution in [-0.4, -0.2) is 64.7 Å². The fraction of sp³-hybridized carbons (Fsp3) is 0.300. The predicted molar refractivity (Wildman–Crippen MR) is 109 cm³/mol. The number of benzene rings is 2. The number of carbonyl (C=O) groups excluding carboxylic acids is 1. The first-order valence-corrected chi connectivity index (χ1v) is 11.0. The first kappa shape index (κ1) is 20.0. The minimum atomic E-state index is -3.80. The van der Waals surface area contributed by atoms with Crippen LogP contribution < -0.4 is 0 Å². The van der Waals surface area contributed by atoms with Crippen molar-refractivity contribution in [3.8, 4) is 6.07 Å². The number of amides is 1. The topological polar surface area (TPSA) is 112 Å². The molecule has 2 heterocycles. The van der Waals surface area contributed by atoms with Gasteiger partial charge in [0.2, 0.25) is 10.0 Å². The number of piperazine rings is 1. The third kappa shape index (κ3) is 3.42. The Hall–Kier alpha value is -3.29. The Bertz CT molecular complexity index is 1250. The van der Waals surface area contributed by atoms with E-state index in [0.29, 0.717) is 17.6 Å². The van der Waals surface area contributed by atoms with Crippen LogP contribution in [0.2, 0.25) is 0 Å². The van der Waals surface area contributed by atoms with Crippen LogP contribution >= 0.6 is 0 Å². The van der Waals surface area contributed by atoms with Crippen molar-refractivity contribution in [3.63, 3.8) is 0 Å². The standard InChI is InChI=1S/C20H20N6O3S/c1-2-26-18-8-7-15(13-17(18)22-23-26)20(27)24-9-11-25(12-10-24)30(28,29)19-6-4-3-5-16(19)14-21/h3-8,13H,2,9-12H2,1H3. The summed E-state index contributed by atoms with van der Waals surface area (Å²) in [6, 6.07) is 13.3. The van der Waals surface area contributed by atoms with Gasteiger partial charge in [0.05, 0.1) is 16.0 Å². The molecule has 0 saturated carbocycles. The highest BCUT2D eigenvalue weighted by Gasteiger charge is 2.32. The third-order valence-electron chi connectivity index (χ3n) is 5.21. The largest absolute Gasteiger partial charge is 0.336 e. The molecule has 1 aromatic heterocycles. The molecular weight excluding hydrogens is 404 g/mol. The van der Waals surface area contributed by atoms with Crippen molar-refractivity contribution < 1.29 is 13.2 Å². The van der Waals surface area contributed by atoms with Crippen LogP contribution in [-0.2, 0) is 16.6 Å². The molecule has 0 N–H and O–H groups in total. The Morgan fingerprint density at radius 2 is 1.87 bits per heavy atom. The normalized spacial score (nSPS) is 15.3. The van der Waals surface area contributed by atoms with Crippen LogP contribution in [0.15, 0.2) is 47.4 Å². The first-order valence-electron chi connectivity index (χ1n) is 9.57. The Morgan fingerprint density at radius 3 is 2.57 bits per heavy atom. The van der Waals surface area contributed by atoms with E-state index in [-0.39, 0.29) is 42.5 Å². The van der Waals surface area contributed by atoms with Crippen LogP contribution in [0, 0.1) is 11.3 Å². The van der Waals surface area contributed by atoms with Gasteiger partial charge in [0.15, 0.2) is 0 Å². The minimum absolute atomic E-state index is 0.00302. The molecule has 4 rings (SSSR count). The number of nitriles is 1. The SMILES string of the molecule is CCn1nnc2cc(C(=O)N3CCN(S(=O)(=O)c4ccccc4C#N)CC3)ccc21. The zero-order chi connectivity index (χ0) is 21.3. The third-order valence-corrected chi connectivity index (χ3v) is 7.17. The van der Waals surface area contributed by atoms with Crippen molar-refractivity contribution in [2.75, 3.05) is 26.2 Å². The summed E-state index contributed by atoms with van der Waals surface area (Å²) in [5.74, 6) is -0.169. The summed E-state index contributed by atoms with van der Waals surface area (Å²) in [6.45, 7) is 3.54. The van der Waals surface area contributed by atoms with Gasteiger partial charge in [-0.15, -0.1) is 5.10 Å². The maximum absolute atomic E-state index is 12.9. The molecule has 0 radical (unpaired) electrons. The van der Waals surface area contributed by atoms with E-state index in [1.165, 1.54) is 16.4 Å². The Kier molecular flexibility index (Phi) is 5.24.